The number of hydrogen-bond acceptors (Lipinski definition) is 6. The summed E-state index contributed by atoms with van der Waals surface area (Å²) in [4.78, 5) is 29.2. The van der Waals surface area contributed by atoms with Gasteiger partial charge in [-0.1, -0.05) is 47.7 Å². The lowest BCUT2D eigenvalue weighted by molar-refractivity contribution is -0.127. The Balaban J connectivity index is 1.55. The Morgan fingerprint density at radius 3 is 2.59 bits per heavy atom. The molecular weight excluding hydrogens is 470 g/mol. The van der Waals surface area contributed by atoms with Gasteiger partial charge in [0.15, 0.2) is 0 Å². The number of nitrogens with one attached hydrogen (secondary N) is 1. The molecule has 1 N–H and O–H groups in total. The maximum Gasteiger partial charge on any atom is 0.249 e. The van der Waals surface area contributed by atoms with E-state index in [4.69, 9.17) is 9.15 Å². The van der Waals surface area contributed by atoms with E-state index in [1.165, 1.54) is 9.58 Å². The highest BCUT2D eigenvalue weighted by Crippen LogP contribution is 2.30. The summed E-state index contributed by atoms with van der Waals surface area (Å²) in [7, 11) is 1.56. The fourth-order valence-electron chi connectivity index (χ4n) is 4.18. The number of furan rings is 1. The number of aromatic nitrogens is 3. The molecule has 1 atom stereocenters. The monoisotopic (exact) mass is 495 g/mol. The number of carbonyl (C=O) groups is 2. The third kappa shape index (κ3) is 5.20. The fourth-order valence-corrected chi connectivity index (χ4v) is 4.18. The molecule has 0 spiro atoms. The number of rotatable bonds is 9. The zero-order valence-corrected chi connectivity index (χ0v) is 20.2. The molecule has 186 valence electrons. The molecular formula is C28H25N5O4. The lowest BCUT2D eigenvalue weighted by atomic mass is 10.0. The first-order valence-corrected chi connectivity index (χ1v) is 11.7. The summed E-state index contributed by atoms with van der Waals surface area (Å²) in [6, 6.07) is 26.2. The van der Waals surface area contributed by atoms with Gasteiger partial charge in [0.2, 0.25) is 11.8 Å². The van der Waals surface area contributed by atoms with Crippen molar-refractivity contribution >= 4 is 28.5 Å². The average Bonchev–Trinajstić information content (AvgIpc) is 3.61. The van der Waals surface area contributed by atoms with Crippen molar-refractivity contribution in [3.8, 4) is 5.75 Å². The second-order valence-electron chi connectivity index (χ2n) is 8.31. The number of amides is 2. The lowest BCUT2D eigenvalue weighted by Gasteiger charge is -2.31. The van der Waals surface area contributed by atoms with Crippen LogP contribution in [0.3, 0.4) is 0 Å². The third-order valence-electron chi connectivity index (χ3n) is 5.94. The maximum absolute atomic E-state index is 14.0. The van der Waals surface area contributed by atoms with Crippen molar-refractivity contribution in [2.75, 3.05) is 12.0 Å². The number of carbonyl (C=O) groups excluding carboxylic acids is 2. The summed E-state index contributed by atoms with van der Waals surface area (Å²) in [5, 5.41) is 11.2. The van der Waals surface area contributed by atoms with Crippen LogP contribution in [0.1, 0.15) is 17.4 Å². The first kappa shape index (κ1) is 23.8. The molecule has 2 amide bonds. The van der Waals surface area contributed by atoms with Gasteiger partial charge in [0.1, 0.15) is 29.6 Å². The molecule has 0 bridgehead atoms. The summed E-state index contributed by atoms with van der Waals surface area (Å²) in [5.41, 5.74) is 2.57. The topological polar surface area (TPSA) is 102 Å². The minimum Gasteiger partial charge on any atom is -0.497 e. The number of nitrogens with zero attached hydrogens (tertiary/aromatic N) is 4. The molecule has 0 radical (unpaired) electrons. The largest absolute Gasteiger partial charge is 0.497 e. The summed E-state index contributed by atoms with van der Waals surface area (Å²) < 4.78 is 12.3. The minimum absolute atomic E-state index is 0.110. The number of ether oxygens (including phenoxy) is 1. The number of benzene rings is 3. The van der Waals surface area contributed by atoms with Gasteiger partial charge in [0.05, 0.1) is 25.4 Å². The molecule has 0 aliphatic carbocycles. The zero-order valence-electron chi connectivity index (χ0n) is 20.2. The number of anilines is 1. The van der Waals surface area contributed by atoms with Crippen molar-refractivity contribution in [3.63, 3.8) is 0 Å². The van der Waals surface area contributed by atoms with Gasteiger partial charge in [-0.25, -0.2) is 4.68 Å². The van der Waals surface area contributed by atoms with Crippen molar-refractivity contribution in [1.29, 1.82) is 0 Å². The van der Waals surface area contributed by atoms with Crippen molar-refractivity contribution in [2.24, 2.45) is 0 Å². The predicted molar refractivity (Wildman–Crippen MR) is 138 cm³/mol. The predicted octanol–water partition coefficient (Wildman–Crippen LogP) is 4.12. The van der Waals surface area contributed by atoms with E-state index in [0.717, 1.165) is 5.52 Å². The van der Waals surface area contributed by atoms with E-state index in [1.54, 1.807) is 61.9 Å². The van der Waals surface area contributed by atoms with Gasteiger partial charge < -0.3 is 14.5 Å². The number of para-hydroxylation sites is 2. The van der Waals surface area contributed by atoms with Crippen LogP contribution in [0.2, 0.25) is 0 Å². The van der Waals surface area contributed by atoms with E-state index >= 15 is 0 Å². The van der Waals surface area contributed by atoms with Gasteiger partial charge in [0.25, 0.3) is 0 Å². The van der Waals surface area contributed by atoms with Gasteiger partial charge >= 0.3 is 0 Å². The molecule has 5 aromatic rings. The quantitative estimate of drug-likeness (QED) is 0.330. The third-order valence-corrected chi connectivity index (χ3v) is 5.94. The van der Waals surface area contributed by atoms with Gasteiger partial charge in [-0.15, -0.1) is 5.10 Å². The Kier molecular flexibility index (Phi) is 6.93. The number of fused-ring (bicyclic) bond motifs is 1. The Hall–Kier alpha value is -4.92. The van der Waals surface area contributed by atoms with Crippen LogP contribution < -0.4 is 15.0 Å². The standard InChI is InChI=1S/C28H25N5O4/c1-36-22-12-7-9-20(17-22)27(28(35)29-18-23-13-8-16-37-23)33(21-10-3-2-4-11-21)26(34)19-32-25-15-6-5-14-24(25)30-31-32/h2-17,27H,18-19H2,1H3,(H,29,35). The van der Waals surface area contributed by atoms with Crippen LogP contribution >= 0.6 is 0 Å². The second-order valence-corrected chi connectivity index (χ2v) is 8.31. The van der Waals surface area contributed by atoms with Crippen LogP contribution in [-0.2, 0) is 22.7 Å². The van der Waals surface area contributed by atoms with Crippen LogP contribution in [0.25, 0.3) is 11.0 Å². The Morgan fingerprint density at radius 1 is 1.00 bits per heavy atom. The molecule has 3 aromatic carbocycles. The van der Waals surface area contributed by atoms with Crippen LogP contribution in [0.5, 0.6) is 5.75 Å². The highest BCUT2D eigenvalue weighted by atomic mass is 16.5. The summed E-state index contributed by atoms with van der Waals surface area (Å²) in [6.07, 6.45) is 1.54. The van der Waals surface area contributed by atoms with E-state index in [9.17, 15) is 9.59 Å². The molecule has 0 aliphatic rings. The van der Waals surface area contributed by atoms with Crippen molar-refractivity contribution < 1.29 is 18.7 Å². The molecule has 0 aliphatic heterocycles. The molecule has 2 heterocycles. The van der Waals surface area contributed by atoms with E-state index in [0.29, 0.717) is 28.3 Å². The summed E-state index contributed by atoms with van der Waals surface area (Å²) in [6.45, 7) is 0.0676. The summed E-state index contributed by atoms with van der Waals surface area (Å²) in [5.74, 6) is 0.474. The normalized spacial score (nSPS) is 11.7. The molecule has 9 nitrogen and oxygen atoms in total. The second kappa shape index (κ2) is 10.8. The molecule has 0 fully saturated rings. The van der Waals surface area contributed by atoms with Gasteiger partial charge in [-0.05, 0) is 54.1 Å². The van der Waals surface area contributed by atoms with Crippen LogP contribution in [0.4, 0.5) is 5.69 Å². The Labute approximate surface area is 213 Å². The smallest absolute Gasteiger partial charge is 0.249 e. The fraction of sp³-hybridized carbons (Fsp3) is 0.143. The van der Waals surface area contributed by atoms with Crippen molar-refractivity contribution in [1.82, 2.24) is 20.3 Å². The van der Waals surface area contributed by atoms with Crippen LogP contribution in [0.15, 0.2) is 102 Å². The molecule has 0 saturated heterocycles. The maximum atomic E-state index is 14.0. The minimum atomic E-state index is -0.991. The zero-order chi connectivity index (χ0) is 25.6. The van der Waals surface area contributed by atoms with E-state index in [-0.39, 0.29) is 24.9 Å². The Bertz CT molecular complexity index is 1500. The van der Waals surface area contributed by atoms with Crippen LogP contribution in [-0.4, -0.2) is 33.9 Å². The first-order valence-electron chi connectivity index (χ1n) is 11.7. The van der Waals surface area contributed by atoms with Gasteiger partial charge in [-0.3, -0.25) is 14.5 Å². The van der Waals surface area contributed by atoms with E-state index in [2.05, 4.69) is 15.6 Å². The number of hydrogen-bond donors (Lipinski definition) is 1. The van der Waals surface area contributed by atoms with Gasteiger partial charge in [-0.2, -0.15) is 0 Å². The van der Waals surface area contributed by atoms with Crippen LogP contribution in [0, 0.1) is 0 Å². The first-order chi connectivity index (χ1) is 18.1. The van der Waals surface area contributed by atoms with Crippen molar-refractivity contribution in [3.05, 3.63) is 109 Å². The molecule has 5 rings (SSSR count). The highest BCUT2D eigenvalue weighted by molar-refractivity contribution is 6.01. The molecule has 0 saturated carbocycles. The number of methoxy groups -OCH3 is 1. The molecule has 9 heteroatoms. The van der Waals surface area contributed by atoms with E-state index in [1.807, 2.05) is 42.5 Å². The highest BCUT2D eigenvalue weighted by Gasteiger charge is 2.33. The molecule has 1 unspecified atom stereocenters. The van der Waals surface area contributed by atoms with E-state index < -0.39 is 6.04 Å². The summed E-state index contributed by atoms with van der Waals surface area (Å²) >= 11 is 0. The Morgan fingerprint density at radius 2 is 1.81 bits per heavy atom. The lowest BCUT2D eigenvalue weighted by Crippen LogP contribution is -2.45. The SMILES string of the molecule is COc1cccc(C(C(=O)NCc2ccco2)N(C(=O)Cn2nnc3ccccc32)c2ccccc2)c1. The molecule has 37 heavy (non-hydrogen) atoms. The average molecular weight is 496 g/mol. The van der Waals surface area contributed by atoms with Gasteiger partial charge in [0, 0.05) is 5.69 Å². The van der Waals surface area contributed by atoms with Crippen molar-refractivity contribution in [2.45, 2.75) is 19.1 Å². The molecule has 2 aromatic heterocycles.